The Labute approximate surface area is 316 Å². The van der Waals surface area contributed by atoms with E-state index in [0.717, 1.165) is 35.5 Å². The number of nitrogens with two attached hydrogens (primary N) is 1. The van der Waals surface area contributed by atoms with E-state index in [1.165, 1.54) is 35.5 Å². The minimum absolute atomic E-state index is 0.00811. The van der Waals surface area contributed by atoms with Crippen LogP contribution >= 0.6 is 22.9 Å². The van der Waals surface area contributed by atoms with Crippen molar-refractivity contribution in [3.05, 3.63) is 52.8 Å². The molecule has 3 aliphatic heterocycles. The van der Waals surface area contributed by atoms with Crippen molar-refractivity contribution >= 4 is 60.8 Å². The van der Waals surface area contributed by atoms with E-state index in [9.17, 15) is 24.1 Å². The number of aromatic nitrogens is 5. The number of hydrogen-bond acceptors (Lipinski definition) is 12. The Morgan fingerprint density at radius 2 is 2.00 bits per heavy atom. The fourth-order valence-electron chi connectivity index (χ4n) is 8.51. The van der Waals surface area contributed by atoms with Crippen LogP contribution in [0.5, 0.6) is 6.01 Å². The van der Waals surface area contributed by atoms with E-state index >= 15 is 4.39 Å². The summed E-state index contributed by atoms with van der Waals surface area (Å²) >= 11 is 7.78. The molecule has 1 amide bonds. The lowest BCUT2D eigenvalue weighted by atomic mass is 9.88. The van der Waals surface area contributed by atoms with E-state index in [2.05, 4.69) is 26.2 Å². The molecule has 3 aromatic heterocycles. The molecule has 278 valence electrons. The molecule has 18 heteroatoms. The molecular formula is C36H33ClF3N11O2S. The number of benzene rings is 2. The van der Waals surface area contributed by atoms with Crippen LogP contribution in [0, 0.1) is 40.2 Å². The molecule has 6 heterocycles. The van der Waals surface area contributed by atoms with Crippen molar-refractivity contribution in [3.8, 4) is 29.3 Å². The summed E-state index contributed by atoms with van der Waals surface area (Å²) in [6, 6.07) is 7.36. The third-order valence-electron chi connectivity index (χ3n) is 11.0. The number of piperidine rings is 1. The van der Waals surface area contributed by atoms with Crippen molar-refractivity contribution in [1.82, 2.24) is 34.8 Å². The van der Waals surface area contributed by atoms with E-state index in [1.54, 1.807) is 7.05 Å². The van der Waals surface area contributed by atoms with Crippen LogP contribution < -0.4 is 15.4 Å². The molecule has 3 aliphatic rings. The summed E-state index contributed by atoms with van der Waals surface area (Å²) in [7, 11) is 1.64. The van der Waals surface area contributed by atoms with Gasteiger partial charge in [0.25, 0.3) is 0 Å². The molecule has 2 unspecified atom stereocenters. The van der Waals surface area contributed by atoms with E-state index in [0.29, 0.717) is 31.7 Å². The molecule has 0 bridgehead atoms. The zero-order valence-electron chi connectivity index (χ0n) is 29.0. The number of halogens is 4. The highest BCUT2D eigenvalue weighted by Crippen LogP contribution is 2.46. The Bertz CT molecular complexity index is 2380. The Morgan fingerprint density at radius 1 is 1.20 bits per heavy atom. The molecule has 5 aromatic rings. The molecule has 2 N–H and O–H groups in total. The van der Waals surface area contributed by atoms with Gasteiger partial charge in [0.1, 0.15) is 41.0 Å². The highest BCUT2D eigenvalue weighted by atomic mass is 35.5. The summed E-state index contributed by atoms with van der Waals surface area (Å²) in [5.41, 5.74) is 5.47. The monoisotopic (exact) mass is 775 g/mol. The first-order chi connectivity index (χ1) is 26.0. The quantitative estimate of drug-likeness (QED) is 0.201. The third kappa shape index (κ3) is 5.91. The van der Waals surface area contributed by atoms with Crippen molar-refractivity contribution in [2.24, 2.45) is 5.92 Å². The Kier molecular flexibility index (Phi) is 9.20. The zero-order chi connectivity index (χ0) is 37.9. The third-order valence-corrected chi connectivity index (χ3v) is 12.3. The van der Waals surface area contributed by atoms with Crippen LogP contribution in [0.2, 0.25) is 5.02 Å². The minimum Gasteiger partial charge on any atom is -0.461 e. The predicted octanol–water partition coefficient (Wildman–Crippen LogP) is 6.15. The second-order valence-corrected chi connectivity index (χ2v) is 15.5. The number of nitrogens with zero attached hydrogens (tertiary/aromatic N) is 10. The number of carbonyl (C=O) groups is 1. The number of rotatable bonds is 7. The van der Waals surface area contributed by atoms with Gasteiger partial charge in [0.2, 0.25) is 0 Å². The lowest BCUT2D eigenvalue weighted by molar-refractivity contribution is 0.107. The number of nitrogen functional groups attached to an aromatic ring is 1. The van der Waals surface area contributed by atoms with Crippen LogP contribution in [0.4, 0.5) is 28.8 Å². The molecule has 3 saturated heterocycles. The van der Waals surface area contributed by atoms with Crippen molar-refractivity contribution in [3.63, 3.8) is 0 Å². The second-order valence-electron chi connectivity index (χ2n) is 14.0. The van der Waals surface area contributed by atoms with Crippen molar-refractivity contribution in [2.75, 3.05) is 50.5 Å². The van der Waals surface area contributed by atoms with Gasteiger partial charge >= 0.3 is 12.0 Å². The Hall–Kier alpha value is -5.23. The molecule has 0 spiro atoms. The maximum Gasteiger partial charge on any atom is 0.362 e. The average molecular weight is 776 g/mol. The highest BCUT2D eigenvalue weighted by molar-refractivity contribution is 7.23. The molecule has 8 rings (SSSR count). The zero-order valence-corrected chi connectivity index (χ0v) is 30.5. The predicted molar refractivity (Wildman–Crippen MR) is 196 cm³/mol. The molecule has 3 fully saturated rings. The van der Waals surface area contributed by atoms with Crippen LogP contribution in [-0.4, -0.2) is 98.4 Å². The fourth-order valence-corrected chi connectivity index (χ4v) is 9.75. The van der Waals surface area contributed by atoms with Gasteiger partial charge in [-0.2, -0.15) is 30.7 Å². The van der Waals surface area contributed by atoms with Crippen LogP contribution in [0.3, 0.4) is 0 Å². The first-order valence-electron chi connectivity index (χ1n) is 17.4. The van der Waals surface area contributed by atoms with Gasteiger partial charge in [-0.05, 0) is 43.5 Å². The summed E-state index contributed by atoms with van der Waals surface area (Å²) < 4.78 is 53.2. The lowest BCUT2D eigenvalue weighted by Gasteiger charge is -2.42. The molecule has 0 aliphatic carbocycles. The molecule has 54 heavy (non-hydrogen) atoms. The minimum atomic E-state index is -0.992. The standard InChI is InChI=1S/C36H33ClF3N11O2S/c1-48(35(52)51-44-9-10-45-51)26-6-12-49(16-19(26)5-8-41)33-22-13-24(37)28(21-3-4-25(39)31-27(21)23(15-42)32(43)54-31)29(40)30(22)46-34(47-33)53-18-36-7-2-11-50(36)17-20(38)14-36/h3-4,9-10,13,19-20,26H,2,5-7,11-12,14,16-18,43H2,1H3/t19?,20-,26?,36+/m1/s1. The Balaban J connectivity index is 1.23. The van der Waals surface area contributed by atoms with Crippen molar-refractivity contribution < 1.29 is 22.7 Å². The largest absolute Gasteiger partial charge is 0.461 e. The van der Waals surface area contributed by atoms with Crippen molar-refractivity contribution in [1.29, 1.82) is 10.5 Å². The number of ether oxygens (including phenoxy) is 1. The summed E-state index contributed by atoms with van der Waals surface area (Å²) in [4.78, 5) is 29.0. The highest BCUT2D eigenvalue weighted by Gasteiger charge is 2.49. The van der Waals surface area contributed by atoms with Gasteiger partial charge in [-0.25, -0.2) is 18.0 Å². The number of amides is 1. The first-order valence-corrected chi connectivity index (χ1v) is 18.6. The SMILES string of the molecule is CN(C(=O)n1nccn1)C1CCN(c2nc(OC[C@@]34CCCN3C[C@H](F)C4)nc3c(F)c(-c4ccc(F)c5sc(N)c(C#N)c45)c(Cl)cc23)CC1CC#N. The van der Waals surface area contributed by atoms with Crippen LogP contribution in [0.1, 0.15) is 37.7 Å². The molecule has 0 radical (unpaired) electrons. The molecule has 13 nitrogen and oxygen atoms in total. The van der Waals surface area contributed by atoms with Crippen LogP contribution in [-0.2, 0) is 0 Å². The number of thiophene rings is 1. The smallest absolute Gasteiger partial charge is 0.362 e. The number of carbonyl (C=O) groups excluding carboxylic acids is 1. The molecule has 0 saturated carbocycles. The van der Waals surface area contributed by atoms with Crippen molar-refractivity contribution in [2.45, 2.75) is 49.9 Å². The average Bonchev–Trinajstić information content (AvgIpc) is 3.95. The van der Waals surface area contributed by atoms with Crippen LogP contribution in [0.15, 0.2) is 30.6 Å². The van der Waals surface area contributed by atoms with E-state index in [-0.39, 0.29) is 85.2 Å². The maximum atomic E-state index is 17.2. The summed E-state index contributed by atoms with van der Waals surface area (Å²) in [5, 5.41) is 28.1. The van der Waals surface area contributed by atoms with Crippen LogP contribution in [0.25, 0.3) is 32.1 Å². The first kappa shape index (κ1) is 35.8. The number of nitriles is 2. The number of hydrogen-bond donors (Lipinski definition) is 1. The summed E-state index contributed by atoms with van der Waals surface area (Å²) in [6.45, 7) is 1.76. The summed E-state index contributed by atoms with van der Waals surface area (Å²) in [5.74, 6) is -1.52. The van der Waals surface area contributed by atoms with Gasteiger partial charge in [-0.1, -0.05) is 22.5 Å². The van der Waals surface area contributed by atoms with Gasteiger partial charge in [0, 0.05) is 67.8 Å². The lowest BCUT2D eigenvalue weighted by Crippen LogP contribution is -2.53. The summed E-state index contributed by atoms with van der Waals surface area (Å²) in [6.07, 6.45) is 4.27. The fraction of sp³-hybridized carbons (Fsp3) is 0.417. The molecule has 4 atom stereocenters. The molecule has 2 aromatic carbocycles. The van der Waals surface area contributed by atoms with E-state index in [4.69, 9.17) is 27.1 Å². The maximum absolute atomic E-state index is 17.2. The van der Waals surface area contributed by atoms with Gasteiger partial charge in [-0.15, -0.1) is 11.3 Å². The Morgan fingerprint density at radius 3 is 2.76 bits per heavy atom. The second kappa shape index (κ2) is 13.9. The normalized spacial score (nSPS) is 22.7. The van der Waals surface area contributed by atoms with Gasteiger partial charge < -0.3 is 20.3 Å². The number of alkyl halides is 1. The van der Waals surface area contributed by atoms with Gasteiger partial charge in [0.15, 0.2) is 5.82 Å². The van der Waals surface area contributed by atoms with Gasteiger partial charge in [-0.3, -0.25) is 4.90 Å². The van der Waals surface area contributed by atoms with E-state index < -0.39 is 29.4 Å². The van der Waals surface area contributed by atoms with E-state index in [1.807, 2.05) is 11.0 Å². The van der Waals surface area contributed by atoms with Gasteiger partial charge in [0.05, 0.1) is 39.3 Å². The number of fused-ring (bicyclic) bond motifs is 3. The number of anilines is 2. The molecular weight excluding hydrogens is 743 g/mol. The topological polar surface area (TPSA) is 166 Å².